The molecule has 1 unspecified atom stereocenters. The number of nitrogens with zero attached hydrogens (tertiary/aromatic N) is 1. The van der Waals surface area contributed by atoms with E-state index in [0.29, 0.717) is 19.2 Å². The molecule has 2 nitrogen and oxygen atoms in total. The topological polar surface area (TPSA) is 20.3 Å². The first-order valence-corrected chi connectivity index (χ1v) is 7.35. The Morgan fingerprint density at radius 1 is 1.38 bits per heavy atom. The Labute approximate surface area is 128 Å². The third kappa shape index (κ3) is 3.39. The van der Waals surface area contributed by atoms with Crippen molar-refractivity contribution in [3.8, 4) is 0 Å². The van der Waals surface area contributed by atoms with Crippen molar-refractivity contribution in [3.63, 3.8) is 0 Å². The van der Waals surface area contributed by atoms with Crippen LogP contribution in [0.15, 0.2) is 16.6 Å². The Kier molecular flexibility index (Phi) is 4.60. The number of benzene rings is 1. The van der Waals surface area contributed by atoms with Crippen LogP contribution in [0.3, 0.4) is 0 Å². The van der Waals surface area contributed by atoms with Gasteiger partial charge in [0.1, 0.15) is 5.82 Å². The Morgan fingerprint density at radius 2 is 2.05 bits per heavy atom. The van der Waals surface area contributed by atoms with Crippen molar-refractivity contribution in [3.05, 3.63) is 33.5 Å². The van der Waals surface area contributed by atoms with E-state index in [1.54, 1.807) is 0 Å². The molecule has 1 aliphatic rings. The second-order valence-electron chi connectivity index (χ2n) is 5.28. The van der Waals surface area contributed by atoms with Gasteiger partial charge in [-0.3, -0.25) is 4.79 Å². The van der Waals surface area contributed by atoms with Crippen LogP contribution in [0.4, 0.5) is 17.6 Å². The zero-order chi connectivity index (χ0) is 15.8. The summed E-state index contributed by atoms with van der Waals surface area (Å²) in [6, 6.07) is 1.70. The first kappa shape index (κ1) is 16.3. The summed E-state index contributed by atoms with van der Waals surface area (Å²) in [5.41, 5.74) is -1.96. The molecule has 1 amide bonds. The molecule has 0 radical (unpaired) electrons. The van der Waals surface area contributed by atoms with Gasteiger partial charge in [-0.1, -0.05) is 6.92 Å². The maximum atomic E-state index is 14.1. The smallest absolute Gasteiger partial charge is 0.338 e. The Morgan fingerprint density at radius 3 is 2.62 bits per heavy atom. The third-order valence-corrected chi connectivity index (χ3v) is 4.22. The molecular formula is C14H14BrF4NO. The van der Waals surface area contributed by atoms with Crippen LogP contribution in [-0.4, -0.2) is 23.9 Å². The van der Waals surface area contributed by atoms with Gasteiger partial charge in [-0.15, -0.1) is 0 Å². The molecular weight excluding hydrogens is 354 g/mol. The molecule has 21 heavy (non-hydrogen) atoms. The lowest BCUT2D eigenvalue weighted by atomic mass is 9.99. The van der Waals surface area contributed by atoms with Crippen LogP contribution in [0.5, 0.6) is 0 Å². The standard InChI is InChI=1S/C14H14BrF4NO/c1-8-3-2-6-20(7-8)13(21)11-10(15)5-4-9(12(11)16)14(17,18)19/h4-5,8H,2-3,6-7H2,1H3. The highest BCUT2D eigenvalue weighted by Gasteiger charge is 2.37. The number of carbonyl (C=O) groups is 1. The third-order valence-electron chi connectivity index (χ3n) is 3.55. The van der Waals surface area contributed by atoms with Gasteiger partial charge in [0.25, 0.3) is 5.91 Å². The van der Waals surface area contributed by atoms with Crippen molar-refractivity contribution in [2.24, 2.45) is 5.92 Å². The summed E-state index contributed by atoms with van der Waals surface area (Å²) in [4.78, 5) is 13.8. The van der Waals surface area contributed by atoms with Crippen molar-refractivity contribution in [1.82, 2.24) is 4.90 Å². The highest BCUT2D eigenvalue weighted by atomic mass is 79.9. The van der Waals surface area contributed by atoms with Crippen molar-refractivity contribution in [2.45, 2.75) is 25.9 Å². The first-order chi connectivity index (χ1) is 9.71. The number of amides is 1. The number of alkyl halides is 3. The van der Waals surface area contributed by atoms with Crippen LogP contribution in [0.25, 0.3) is 0 Å². The van der Waals surface area contributed by atoms with E-state index in [1.165, 1.54) is 4.90 Å². The van der Waals surface area contributed by atoms with Gasteiger partial charge in [0.05, 0.1) is 11.1 Å². The fourth-order valence-electron chi connectivity index (χ4n) is 2.50. The molecule has 0 bridgehead atoms. The van der Waals surface area contributed by atoms with Gasteiger partial charge in [-0.2, -0.15) is 13.2 Å². The maximum absolute atomic E-state index is 14.1. The normalized spacial score (nSPS) is 19.7. The largest absolute Gasteiger partial charge is 0.419 e. The lowest BCUT2D eigenvalue weighted by molar-refractivity contribution is -0.140. The number of piperidine rings is 1. The molecule has 1 fully saturated rings. The van der Waals surface area contributed by atoms with Gasteiger partial charge in [0, 0.05) is 17.6 Å². The summed E-state index contributed by atoms with van der Waals surface area (Å²) in [5, 5.41) is 0. The first-order valence-electron chi connectivity index (χ1n) is 6.56. The molecule has 2 rings (SSSR count). The minimum Gasteiger partial charge on any atom is -0.338 e. The van der Waals surface area contributed by atoms with Crippen LogP contribution in [-0.2, 0) is 6.18 Å². The van der Waals surface area contributed by atoms with E-state index < -0.39 is 29.0 Å². The summed E-state index contributed by atoms with van der Waals surface area (Å²) in [7, 11) is 0. The quantitative estimate of drug-likeness (QED) is 0.670. The predicted molar refractivity (Wildman–Crippen MR) is 73.4 cm³/mol. The van der Waals surface area contributed by atoms with Gasteiger partial charge in [-0.05, 0) is 46.8 Å². The summed E-state index contributed by atoms with van der Waals surface area (Å²) in [6.07, 6.45) is -3.10. The van der Waals surface area contributed by atoms with Crippen LogP contribution < -0.4 is 0 Å². The second-order valence-corrected chi connectivity index (χ2v) is 6.13. The average Bonchev–Trinajstić information content (AvgIpc) is 2.37. The molecule has 1 atom stereocenters. The summed E-state index contributed by atoms with van der Waals surface area (Å²) < 4.78 is 52.4. The van der Waals surface area contributed by atoms with Gasteiger partial charge in [0.2, 0.25) is 0 Å². The molecule has 116 valence electrons. The number of hydrogen-bond donors (Lipinski definition) is 0. The monoisotopic (exact) mass is 367 g/mol. The molecule has 0 N–H and O–H groups in total. The number of carbonyl (C=O) groups excluding carboxylic acids is 1. The Bertz CT molecular complexity index is 559. The Balaban J connectivity index is 2.41. The van der Waals surface area contributed by atoms with E-state index in [0.717, 1.165) is 18.9 Å². The van der Waals surface area contributed by atoms with Crippen LogP contribution in [0.2, 0.25) is 0 Å². The molecule has 1 heterocycles. The van der Waals surface area contributed by atoms with E-state index in [-0.39, 0.29) is 10.4 Å². The molecule has 7 heteroatoms. The lowest BCUT2D eigenvalue weighted by Crippen LogP contribution is -2.39. The van der Waals surface area contributed by atoms with Crippen LogP contribution >= 0.6 is 15.9 Å². The van der Waals surface area contributed by atoms with Crippen molar-refractivity contribution in [2.75, 3.05) is 13.1 Å². The minimum atomic E-state index is -4.82. The summed E-state index contributed by atoms with van der Waals surface area (Å²) in [5.74, 6) is -1.95. The molecule has 1 aromatic rings. The maximum Gasteiger partial charge on any atom is 0.419 e. The second kappa shape index (κ2) is 5.94. The number of likely N-dealkylation sites (tertiary alicyclic amines) is 1. The van der Waals surface area contributed by atoms with Gasteiger partial charge in [0.15, 0.2) is 0 Å². The van der Waals surface area contributed by atoms with Gasteiger partial charge in [-0.25, -0.2) is 4.39 Å². The molecule has 1 aromatic carbocycles. The van der Waals surface area contributed by atoms with E-state index in [9.17, 15) is 22.4 Å². The zero-order valence-corrected chi connectivity index (χ0v) is 12.9. The van der Waals surface area contributed by atoms with Crippen LogP contribution in [0.1, 0.15) is 35.7 Å². The van der Waals surface area contributed by atoms with E-state index in [4.69, 9.17) is 0 Å². The number of halogens is 5. The predicted octanol–water partition coefficient (Wildman–Crippen LogP) is 4.48. The van der Waals surface area contributed by atoms with Crippen LogP contribution in [0, 0.1) is 11.7 Å². The average molecular weight is 368 g/mol. The fourth-order valence-corrected chi connectivity index (χ4v) is 2.98. The number of rotatable bonds is 1. The van der Waals surface area contributed by atoms with E-state index in [2.05, 4.69) is 15.9 Å². The van der Waals surface area contributed by atoms with Crippen molar-refractivity contribution >= 4 is 21.8 Å². The fraction of sp³-hybridized carbons (Fsp3) is 0.500. The summed E-state index contributed by atoms with van der Waals surface area (Å²) >= 11 is 2.98. The number of hydrogen-bond acceptors (Lipinski definition) is 1. The summed E-state index contributed by atoms with van der Waals surface area (Å²) in [6.45, 7) is 2.82. The highest BCUT2D eigenvalue weighted by Crippen LogP contribution is 2.35. The molecule has 0 aliphatic carbocycles. The zero-order valence-electron chi connectivity index (χ0n) is 11.3. The van der Waals surface area contributed by atoms with Crippen molar-refractivity contribution < 1.29 is 22.4 Å². The van der Waals surface area contributed by atoms with E-state index in [1.807, 2.05) is 6.92 Å². The molecule has 0 aromatic heterocycles. The Hall–Kier alpha value is -1.11. The molecule has 0 spiro atoms. The SMILES string of the molecule is CC1CCCN(C(=O)c2c(Br)ccc(C(F)(F)F)c2F)C1. The van der Waals surface area contributed by atoms with Gasteiger partial charge < -0.3 is 4.90 Å². The molecule has 1 saturated heterocycles. The minimum absolute atomic E-state index is 0.0382. The van der Waals surface area contributed by atoms with E-state index >= 15 is 0 Å². The highest BCUT2D eigenvalue weighted by molar-refractivity contribution is 9.10. The van der Waals surface area contributed by atoms with Gasteiger partial charge >= 0.3 is 6.18 Å². The molecule has 0 saturated carbocycles. The van der Waals surface area contributed by atoms with Crippen molar-refractivity contribution in [1.29, 1.82) is 0 Å². The molecule has 1 aliphatic heterocycles. The lowest BCUT2D eigenvalue weighted by Gasteiger charge is -2.31.